The number of aromatic nitrogens is 1. The normalized spacial score (nSPS) is 18.8. The van der Waals surface area contributed by atoms with Crippen LogP contribution < -0.4 is 0 Å². The Hall–Kier alpha value is -1.17. The molecule has 1 aliphatic heterocycles. The lowest BCUT2D eigenvalue weighted by atomic mass is 9.84. The highest BCUT2D eigenvalue weighted by atomic mass is 79.9. The third-order valence-electron chi connectivity index (χ3n) is 4.20. The van der Waals surface area contributed by atoms with E-state index < -0.39 is 5.60 Å². The van der Waals surface area contributed by atoms with E-state index >= 15 is 0 Å². The summed E-state index contributed by atoms with van der Waals surface area (Å²) < 4.78 is 5.94. The van der Waals surface area contributed by atoms with Crippen molar-refractivity contribution in [3.63, 3.8) is 0 Å². The summed E-state index contributed by atoms with van der Waals surface area (Å²) in [6.45, 7) is 2.74. The Balaban J connectivity index is 1.53. The summed E-state index contributed by atoms with van der Waals surface area (Å²) >= 11 is 3.29. The van der Waals surface area contributed by atoms with E-state index in [1.807, 2.05) is 36.4 Å². The molecule has 1 aliphatic rings. The summed E-state index contributed by atoms with van der Waals surface area (Å²) in [5.41, 5.74) is 0.358. The van der Waals surface area contributed by atoms with Crippen molar-refractivity contribution >= 4 is 15.9 Å². The van der Waals surface area contributed by atoms with Gasteiger partial charge in [0.15, 0.2) is 0 Å². The standard InChI is InChI=1S/C16H19BrN2O2/c17-15-12-14(21-18-15)6-9-19-10-7-16(20,8-11-19)13-4-2-1-3-5-13/h1-5,12,20H,6-11H2. The van der Waals surface area contributed by atoms with Crippen molar-refractivity contribution in [2.45, 2.75) is 24.9 Å². The van der Waals surface area contributed by atoms with Crippen LogP contribution in [0.4, 0.5) is 0 Å². The smallest absolute Gasteiger partial charge is 0.149 e. The van der Waals surface area contributed by atoms with Crippen LogP contribution >= 0.6 is 15.9 Å². The maximum absolute atomic E-state index is 10.8. The predicted molar refractivity (Wildman–Crippen MR) is 83.9 cm³/mol. The van der Waals surface area contributed by atoms with E-state index in [1.165, 1.54) is 0 Å². The first-order valence-corrected chi connectivity index (χ1v) is 8.06. The molecule has 0 radical (unpaired) electrons. The Morgan fingerprint density at radius 2 is 1.95 bits per heavy atom. The molecule has 0 unspecified atom stereocenters. The molecule has 0 amide bonds. The van der Waals surface area contributed by atoms with Gasteiger partial charge in [-0.25, -0.2) is 0 Å². The van der Waals surface area contributed by atoms with Gasteiger partial charge >= 0.3 is 0 Å². The van der Waals surface area contributed by atoms with Gasteiger partial charge in [0.25, 0.3) is 0 Å². The maximum atomic E-state index is 10.8. The van der Waals surface area contributed by atoms with E-state index in [9.17, 15) is 5.11 Å². The van der Waals surface area contributed by atoms with Crippen LogP contribution in [-0.4, -0.2) is 34.8 Å². The summed E-state index contributed by atoms with van der Waals surface area (Å²) in [5.74, 6) is 0.894. The summed E-state index contributed by atoms with van der Waals surface area (Å²) in [5, 5.41) is 14.6. The Labute approximate surface area is 132 Å². The maximum Gasteiger partial charge on any atom is 0.149 e. The molecule has 2 aromatic rings. The van der Waals surface area contributed by atoms with Gasteiger partial charge in [-0.05, 0) is 34.3 Å². The number of benzene rings is 1. The second-order valence-electron chi connectivity index (χ2n) is 5.61. The molecular formula is C16H19BrN2O2. The van der Waals surface area contributed by atoms with Gasteiger partial charge in [-0.1, -0.05) is 35.5 Å². The molecule has 1 aromatic heterocycles. The number of piperidine rings is 1. The van der Waals surface area contributed by atoms with Gasteiger partial charge in [-0.3, -0.25) is 0 Å². The van der Waals surface area contributed by atoms with Crippen LogP contribution in [0.2, 0.25) is 0 Å². The number of rotatable bonds is 4. The molecule has 1 N–H and O–H groups in total. The van der Waals surface area contributed by atoms with Crippen LogP contribution in [0.5, 0.6) is 0 Å². The van der Waals surface area contributed by atoms with E-state index in [0.717, 1.165) is 54.8 Å². The summed E-state index contributed by atoms with van der Waals surface area (Å²) in [6, 6.07) is 11.9. The minimum Gasteiger partial charge on any atom is -0.385 e. The molecule has 0 atom stereocenters. The first kappa shape index (κ1) is 14.8. The number of nitrogens with zero attached hydrogens (tertiary/aromatic N) is 2. The van der Waals surface area contributed by atoms with E-state index in [4.69, 9.17) is 4.52 Å². The van der Waals surface area contributed by atoms with Gasteiger partial charge in [-0.15, -0.1) is 0 Å². The van der Waals surface area contributed by atoms with Crippen LogP contribution in [-0.2, 0) is 12.0 Å². The summed E-state index contributed by atoms with van der Waals surface area (Å²) in [7, 11) is 0. The lowest BCUT2D eigenvalue weighted by Crippen LogP contribution is -2.43. The number of hydrogen-bond donors (Lipinski definition) is 1. The van der Waals surface area contributed by atoms with Crippen molar-refractivity contribution in [1.29, 1.82) is 0 Å². The van der Waals surface area contributed by atoms with E-state index in [1.54, 1.807) is 0 Å². The highest BCUT2D eigenvalue weighted by molar-refractivity contribution is 9.10. The highest BCUT2D eigenvalue weighted by Gasteiger charge is 2.33. The molecule has 1 aromatic carbocycles. The first-order valence-electron chi connectivity index (χ1n) is 7.27. The van der Waals surface area contributed by atoms with Gasteiger partial charge < -0.3 is 14.5 Å². The monoisotopic (exact) mass is 350 g/mol. The van der Waals surface area contributed by atoms with Crippen molar-refractivity contribution in [3.8, 4) is 0 Å². The zero-order valence-corrected chi connectivity index (χ0v) is 13.4. The minimum atomic E-state index is -0.674. The van der Waals surface area contributed by atoms with Crippen molar-refractivity contribution < 1.29 is 9.63 Å². The van der Waals surface area contributed by atoms with Gasteiger partial charge in [0.05, 0.1) is 5.60 Å². The molecule has 2 heterocycles. The predicted octanol–water partition coefficient (Wildman–Crippen LogP) is 2.96. The minimum absolute atomic E-state index is 0.674. The number of aliphatic hydroxyl groups is 1. The fraction of sp³-hybridized carbons (Fsp3) is 0.438. The second kappa shape index (κ2) is 6.30. The molecule has 0 spiro atoms. The third kappa shape index (κ3) is 3.54. The van der Waals surface area contributed by atoms with E-state index in [2.05, 4.69) is 26.0 Å². The highest BCUT2D eigenvalue weighted by Crippen LogP contribution is 2.32. The van der Waals surface area contributed by atoms with Crippen molar-refractivity contribution in [1.82, 2.24) is 10.1 Å². The molecular weight excluding hydrogens is 332 g/mol. The van der Waals surface area contributed by atoms with Gasteiger partial charge in [0.1, 0.15) is 10.4 Å². The Morgan fingerprint density at radius 3 is 2.57 bits per heavy atom. The van der Waals surface area contributed by atoms with Crippen LogP contribution in [0.25, 0.3) is 0 Å². The Kier molecular flexibility index (Phi) is 4.42. The molecule has 1 saturated heterocycles. The third-order valence-corrected chi connectivity index (χ3v) is 4.57. The van der Waals surface area contributed by atoms with Crippen LogP contribution in [0, 0.1) is 0 Å². The topological polar surface area (TPSA) is 49.5 Å². The fourth-order valence-corrected chi connectivity index (χ4v) is 3.19. The number of halogens is 1. The largest absolute Gasteiger partial charge is 0.385 e. The average Bonchev–Trinajstić information content (AvgIpc) is 2.93. The Morgan fingerprint density at radius 1 is 1.24 bits per heavy atom. The number of hydrogen-bond acceptors (Lipinski definition) is 4. The van der Waals surface area contributed by atoms with E-state index in [-0.39, 0.29) is 0 Å². The average molecular weight is 351 g/mol. The van der Waals surface area contributed by atoms with Crippen LogP contribution in [0.15, 0.2) is 45.5 Å². The SMILES string of the molecule is OC1(c2ccccc2)CCN(CCc2cc(Br)no2)CC1. The van der Waals surface area contributed by atoms with Crippen molar-refractivity contribution in [3.05, 3.63) is 52.3 Å². The lowest BCUT2D eigenvalue weighted by Gasteiger charge is -2.38. The molecule has 112 valence electrons. The molecule has 0 bridgehead atoms. The molecule has 4 nitrogen and oxygen atoms in total. The molecule has 21 heavy (non-hydrogen) atoms. The fourth-order valence-electron chi connectivity index (χ4n) is 2.86. The summed E-state index contributed by atoms with van der Waals surface area (Å²) in [4.78, 5) is 2.37. The molecule has 5 heteroatoms. The van der Waals surface area contributed by atoms with Gasteiger partial charge in [-0.2, -0.15) is 0 Å². The summed E-state index contributed by atoms with van der Waals surface area (Å²) in [6.07, 6.45) is 2.40. The zero-order valence-electron chi connectivity index (χ0n) is 11.8. The molecule has 0 aliphatic carbocycles. The van der Waals surface area contributed by atoms with Gasteiger partial charge in [0.2, 0.25) is 0 Å². The quantitative estimate of drug-likeness (QED) is 0.920. The molecule has 3 rings (SSSR count). The van der Waals surface area contributed by atoms with Crippen molar-refractivity contribution in [2.75, 3.05) is 19.6 Å². The van der Waals surface area contributed by atoms with Crippen LogP contribution in [0.1, 0.15) is 24.2 Å². The second-order valence-corrected chi connectivity index (χ2v) is 6.42. The van der Waals surface area contributed by atoms with Gasteiger partial charge in [0, 0.05) is 32.1 Å². The first-order chi connectivity index (χ1) is 10.2. The molecule has 0 saturated carbocycles. The molecule has 1 fully saturated rings. The zero-order chi connectivity index (χ0) is 14.7. The Bertz CT molecular complexity index is 577. The number of likely N-dealkylation sites (tertiary alicyclic amines) is 1. The lowest BCUT2D eigenvalue weighted by molar-refractivity contribution is -0.0258. The van der Waals surface area contributed by atoms with Crippen LogP contribution in [0.3, 0.4) is 0 Å². The van der Waals surface area contributed by atoms with Crippen molar-refractivity contribution in [2.24, 2.45) is 0 Å². The van der Waals surface area contributed by atoms with E-state index in [0.29, 0.717) is 0 Å².